The SMILES string of the molecule is CC(=O)OC[C@]12CCC3C(C[C@@H](O)[C@@]4(O)C[C@@H](O)CC[C@]34C)C1C(O)C[C@@H]2[C@H](C)CCCC(C)C. The number of hydrogen-bond acceptors (Lipinski definition) is 6. The molecule has 4 aliphatic carbocycles. The molecule has 4 N–H and O–H groups in total. The number of esters is 1. The number of hydrogen-bond donors (Lipinski definition) is 4. The van der Waals surface area contributed by atoms with Gasteiger partial charge in [0.2, 0.25) is 0 Å². The zero-order chi connectivity index (χ0) is 25.8. The number of ether oxygens (including phenoxy) is 1. The van der Waals surface area contributed by atoms with Crippen molar-refractivity contribution >= 4 is 5.97 Å². The van der Waals surface area contributed by atoms with E-state index in [9.17, 15) is 25.2 Å². The first-order valence-corrected chi connectivity index (χ1v) is 14.3. The monoisotopic (exact) mass is 494 g/mol. The van der Waals surface area contributed by atoms with Gasteiger partial charge in [-0.3, -0.25) is 4.79 Å². The number of carbonyl (C=O) groups is 1. The average molecular weight is 495 g/mol. The van der Waals surface area contributed by atoms with Crippen molar-refractivity contribution in [3.63, 3.8) is 0 Å². The Hall–Kier alpha value is -0.690. The van der Waals surface area contributed by atoms with Crippen LogP contribution in [0.1, 0.15) is 98.8 Å². The van der Waals surface area contributed by atoms with Gasteiger partial charge in [-0.05, 0) is 74.0 Å². The first kappa shape index (κ1) is 27.3. The molecule has 0 aliphatic heterocycles. The fourth-order valence-corrected chi connectivity index (χ4v) is 9.54. The normalized spacial score (nSPS) is 48.1. The third-order valence-corrected chi connectivity index (χ3v) is 11.3. The molecule has 35 heavy (non-hydrogen) atoms. The topological polar surface area (TPSA) is 107 Å². The van der Waals surface area contributed by atoms with E-state index in [4.69, 9.17) is 4.74 Å². The maximum Gasteiger partial charge on any atom is 0.302 e. The Balaban J connectivity index is 1.66. The van der Waals surface area contributed by atoms with E-state index in [1.165, 1.54) is 13.3 Å². The third kappa shape index (κ3) is 4.49. The Morgan fingerprint density at radius 3 is 2.43 bits per heavy atom. The number of aliphatic hydroxyl groups excluding tert-OH is 3. The van der Waals surface area contributed by atoms with Gasteiger partial charge >= 0.3 is 5.97 Å². The van der Waals surface area contributed by atoms with Crippen molar-refractivity contribution in [2.24, 2.45) is 46.3 Å². The lowest BCUT2D eigenvalue weighted by Crippen LogP contribution is -2.69. The molecule has 0 bridgehead atoms. The van der Waals surface area contributed by atoms with Crippen LogP contribution in [-0.4, -0.2) is 56.9 Å². The highest BCUT2D eigenvalue weighted by Gasteiger charge is 2.70. The van der Waals surface area contributed by atoms with Crippen molar-refractivity contribution in [2.75, 3.05) is 6.61 Å². The predicted octanol–water partition coefficient (Wildman–Crippen LogP) is 4.07. The van der Waals surface area contributed by atoms with Gasteiger partial charge in [-0.15, -0.1) is 0 Å². The van der Waals surface area contributed by atoms with Gasteiger partial charge in [0.25, 0.3) is 0 Å². The fourth-order valence-electron chi connectivity index (χ4n) is 9.54. The highest BCUT2D eigenvalue weighted by molar-refractivity contribution is 5.66. The summed E-state index contributed by atoms with van der Waals surface area (Å²) in [5.41, 5.74) is -2.08. The first-order chi connectivity index (χ1) is 16.4. The standard InChI is InChI=1S/C29H50O6/c1-17(2)7-6-8-18(3)23-14-24(32)26-21-13-25(33)29(34)15-20(31)9-11-27(29,5)22(21)10-12-28(23,26)16-35-19(4)30/h17-18,20-26,31-34H,6-16H2,1-5H3/t18-,20+,21?,22?,23-,24?,25-,26?,27-,28+,29+/m1/s1. The smallest absolute Gasteiger partial charge is 0.302 e. The summed E-state index contributed by atoms with van der Waals surface area (Å²) in [5.74, 6) is 1.27. The molecule has 4 fully saturated rings. The molecular formula is C29H50O6. The molecule has 0 heterocycles. The van der Waals surface area contributed by atoms with E-state index in [1.54, 1.807) is 0 Å². The summed E-state index contributed by atoms with van der Waals surface area (Å²) in [4.78, 5) is 11.9. The summed E-state index contributed by atoms with van der Waals surface area (Å²) in [6.07, 6.45) is 5.90. The van der Waals surface area contributed by atoms with Crippen molar-refractivity contribution in [2.45, 2.75) is 123 Å². The van der Waals surface area contributed by atoms with Gasteiger partial charge in [0.1, 0.15) is 0 Å². The van der Waals surface area contributed by atoms with Gasteiger partial charge in [-0.1, -0.05) is 47.0 Å². The van der Waals surface area contributed by atoms with E-state index in [-0.39, 0.29) is 41.5 Å². The molecule has 0 saturated heterocycles. The van der Waals surface area contributed by atoms with Crippen LogP contribution in [0.4, 0.5) is 0 Å². The van der Waals surface area contributed by atoms with Crippen LogP contribution < -0.4 is 0 Å². The Labute approximate surface area is 211 Å². The van der Waals surface area contributed by atoms with E-state index < -0.39 is 29.3 Å². The minimum Gasteiger partial charge on any atom is -0.465 e. The van der Waals surface area contributed by atoms with Crippen LogP contribution in [0.25, 0.3) is 0 Å². The average Bonchev–Trinajstić information content (AvgIpc) is 3.07. The van der Waals surface area contributed by atoms with Crippen LogP contribution in [0, 0.1) is 46.3 Å². The molecule has 4 unspecified atom stereocenters. The lowest BCUT2D eigenvalue weighted by atomic mass is 9.42. The van der Waals surface area contributed by atoms with Gasteiger partial charge < -0.3 is 25.2 Å². The lowest BCUT2D eigenvalue weighted by molar-refractivity contribution is -0.270. The highest BCUT2D eigenvalue weighted by Crippen LogP contribution is 2.69. The predicted molar refractivity (Wildman–Crippen MR) is 134 cm³/mol. The van der Waals surface area contributed by atoms with Crippen LogP contribution in [0.2, 0.25) is 0 Å². The van der Waals surface area contributed by atoms with E-state index in [2.05, 4.69) is 27.7 Å². The lowest BCUT2D eigenvalue weighted by Gasteiger charge is -2.65. The van der Waals surface area contributed by atoms with E-state index in [0.717, 1.165) is 25.7 Å². The van der Waals surface area contributed by atoms with Gasteiger partial charge in [0.05, 0.1) is 30.5 Å². The van der Waals surface area contributed by atoms with Crippen molar-refractivity contribution in [3.05, 3.63) is 0 Å². The molecule has 4 saturated carbocycles. The largest absolute Gasteiger partial charge is 0.465 e. The maximum atomic E-state index is 11.9. The van der Waals surface area contributed by atoms with Crippen LogP contribution in [0.15, 0.2) is 0 Å². The molecule has 11 atom stereocenters. The van der Waals surface area contributed by atoms with Crippen molar-refractivity contribution in [1.29, 1.82) is 0 Å². The zero-order valence-corrected chi connectivity index (χ0v) is 22.6. The molecule has 202 valence electrons. The minimum absolute atomic E-state index is 0.0546. The highest BCUT2D eigenvalue weighted by atomic mass is 16.5. The number of aliphatic hydroxyl groups is 4. The Morgan fingerprint density at radius 1 is 1.06 bits per heavy atom. The molecule has 4 rings (SSSR count). The molecule has 6 nitrogen and oxygen atoms in total. The van der Waals surface area contributed by atoms with E-state index in [1.807, 2.05) is 0 Å². The van der Waals surface area contributed by atoms with E-state index >= 15 is 0 Å². The minimum atomic E-state index is -1.30. The second-order valence-electron chi connectivity index (χ2n) is 13.5. The summed E-state index contributed by atoms with van der Waals surface area (Å²) in [6, 6.07) is 0. The Morgan fingerprint density at radius 2 is 1.77 bits per heavy atom. The molecule has 0 aromatic carbocycles. The number of carbonyl (C=O) groups excluding carboxylic acids is 1. The van der Waals surface area contributed by atoms with Crippen LogP contribution in [0.3, 0.4) is 0 Å². The summed E-state index contributed by atoms with van der Waals surface area (Å²) in [5, 5.41) is 44.9. The second-order valence-corrected chi connectivity index (χ2v) is 13.5. The second kappa shape index (κ2) is 9.89. The van der Waals surface area contributed by atoms with Crippen molar-refractivity contribution < 1.29 is 30.0 Å². The molecule has 0 radical (unpaired) electrons. The molecule has 0 amide bonds. The van der Waals surface area contributed by atoms with Gasteiger partial charge in [-0.25, -0.2) is 0 Å². The molecule has 0 aromatic heterocycles. The molecule has 6 heteroatoms. The van der Waals surface area contributed by atoms with E-state index in [0.29, 0.717) is 44.1 Å². The molecule has 0 aromatic rings. The zero-order valence-electron chi connectivity index (χ0n) is 22.6. The summed E-state index contributed by atoms with van der Waals surface area (Å²) in [7, 11) is 0. The molecule has 0 spiro atoms. The third-order valence-electron chi connectivity index (χ3n) is 11.3. The van der Waals surface area contributed by atoms with Crippen LogP contribution >= 0.6 is 0 Å². The molecule has 4 aliphatic rings. The maximum absolute atomic E-state index is 11.9. The Bertz CT molecular complexity index is 770. The summed E-state index contributed by atoms with van der Waals surface area (Å²) < 4.78 is 5.73. The Kier molecular flexibility index (Phi) is 7.72. The van der Waals surface area contributed by atoms with Crippen molar-refractivity contribution in [3.8, 4) is 0 Å². The van der Waals surface area contributed by atoms with Crippen LogP contribution in [0.5, 0.6) is 0 Å². The van der Waals surface area contributed by atoms with Crippen LogP contribution in [-0.2, 0) is 9.53 Å². The fraction of sp³-hybridized carbons (Fsp3) is 0.966. The van der Waals surface area contributed by atoms with Gasteiger partial charge in [0, 0.05) is 24.2 Å². The van der Waals surface area contributed by atoms with Gasteiger partial charge in [-0.2, -0.15) is 0 Å². The van der Waals surface area contributed by atoms with Gasteiger partial charge in [0.15, 0.2) is 0 Å². The van der Waals surface area contributed by atoms with Crippen molar-refractivity contribution in [1.82, 2.24) is 0 Å². The summed E-state index contributed by atoms with van der Waals surface area (Å²) in [6.45, 7) is 10.7. The number of fused-ring (bicyclic) bond motifs is 5. The first-order valence-electron chi connectivity index (χ1n) is 14.3. The quantitative estimate of drug-likeness (QED) is 0.398. The summed E-state index contributed by atoms with van der Waals surface area (Å²) >= 11 is 0. The number of rotatable bonds is 7. The molecular weight excluding hydrogens is 444 g/mol.